The molecule has 1 aliphatic rings. The minimum Gasteiger partial charge on any atom is -0.379 e. The zero-order valence-corrected chi connectivity index (χ0v) is 15.0. The smallest absolute Gasteiger partial charge is 0.256 e. The van der Waals surface area contributed by atoms with Gasteiger partial charge in [-0.25, -0.2) is 9.37 Å². The van der Waals surface area contributed by atoms with Crippen LogP contribution in [0.3, 0.4) is 0 Å². The molecule has 1 fully saturated rings. The van der Waals surface area contributed by atoms with E-state index < -0.39 is 5.60 Å². The molecule has 7 heteroatoms. The number of piperidine rings is 1. The van der Waals surface area contributed by atoms with Gasteiger partial charge in [0.25, 0.3) is 5.91 Å². The first-order valence-electron chi connectivity index (χ1n) is 8.34. The Kier molecular flexibility index (Phi) is 5.46. The third-order valence-electron chi connectivity index (χ3n) is 4.35. The molecule has 1 aromatic heterocycles. The highest BCUT2D eigenvalue weighted by molar-refractivity contribution is 7.09. The van der Waals surface area contributed by atoms with Crippen molar-refractivity contribution in [2.24, 2.45) is 0 Å². The Morgan fingerprint density at radius 2 is 2.16 bits per heavy atom. The Balaban J connectivity index is 1.58. The summed E-state index contributed by atoms with van der Waals surface area (Å²) in [6, 6.07) is 6.10. The number of nitrogens with zero attached hydrogens (tertiary/aromatic N) is 2. The van der Waals surface area contributed by atoms with Crippen LogP contribution in [-0.2, 0) is 17.9 Å². The molecule has 0 aliphatic carbocycles. The van der Waals surface area contributed by atoms with Crippen molar-refractivity contribution in [1.29, 1.82) is 0 Å². The molecular formula is C18H22FN3O2S. The van der Waals surface area contributed by atoms with Crippen molar-refractivity contribution in [2.75, 3.05) is 13.1 Å². The molecule has 1 amide bonds. The Labute approximate surface area is 150 Å². The molecule has 2 aromatic rings. The summed E-state index contributed by atoms with van der Waals surface area (Å²) in [6.07, 6.45) is 1.18. The van der Waals surface area contributed by atoms with Gasteiger partial charge in [-0.05, 0) is 37.5 Å². The Morgan fingerprint density at radius 3 is 2.84 bits per heavy atom. The minimum atomic E-state index is -1.40. The quantitative estimate of drug-likeness (QED) is 0.826. The van der Waals surface area contributed by atoms with E-state index in [0.29, 0.717) is 26.1 Å². The van der Waals surface area contributed by atoms with Crippen molar-refractivity contribution in [1.82, 2.24) is 15.2 Å². The number of thiazole rings is 1. The van der Waals surface area contributed by atoms with Gasteiger partial charge in [-0.1, -0.05) is 12.1 Å². The summed E-state index contributed by atoms with van der Waals surface area (Å²) in [7, 11) is 0. The second-order valence-corrected chi connectivity index (χ2v) is 7.42. The number of likely N-dealkylation sites (tertiary alicyclic amines) is 1. The predicted molar refractivity (Wildman–Crippen MR) is 94.6 cm³/mol. The normalized spacial score (nSPS) is 20.9. The van der Waals surface area contributed by atoms with Gasteiger partial charge in [-0.2, -0.15) is 0 Å². The summed E-state index contributed by atoms with van der Waals surface area (Å²) in [4.78, 5) is 18.7. The molecule has 0 spiro atoms. The zero-order chi connectivity index (χ0) is 17.9. The van der Waals surface area contributed by atoms with E-state index in [2.05, 4.69) is 10.3 Å². The number of benzene rings is 1. The van der Waals surface area contributed by atoms with Crippen LogP contribution in [0.25, 0.3) is 0 Å². The van der Waals surface area contributed by atoms with Gasteiger partial charge < -0.3 is 15.3 Å². The number of hydrogen-bond donors (Lipinski definition) is 2. The van der Waals surface area contributed by atoms with E-state index in [1.54, 1.807) is 28.4 Å². The molecular weight excluding hydrogens is 341 g/mol. The molecule has 1 atom stereocenters. The molecule has 2 heterocycles. The number of halogens is 1. The zero-order valence-electron chi connectivity index (χ0n) is 14.2. The first-order valence-corrected chi connectivity index (χ1v) is 9.22. The summed E-state index contributed by atoms with van der Waals surface area (Å²) in [5, 5.41) is 16.8. The lowest BCUT2D eigenvalue weighted by Gasteiger charge is -2.38. The lowest BCUT2D eigenvalue weighted by Crippen LogP contribution is -2.57. The molecule has 134 valence electrons. The number of aliphatic hydroxyl groups is 1. The largest absolute Gasteiger partial charge is 0.379 e. The van der Waals surface area contributed by atoms with Crippen LogP contribution in [0.1, 0.15) is 29.1 Å². The molecule has 5 nitrogen and oxygen atoms in total. The van der Waals surface area contributed by atoms with Gasteiger partial charge in [0, 0.05) is 37.3 Å². The number of aromatic nitrogens is 1. The maximum absolute atomic E-state index is 13.0. The van der Waals surface area contributed by atoms with Gasteiger partial charge >= 0.3 is 0 Å². The molecule has 3 rings (SSSR count). The van der Waals surface area contributed by atoms with Gasteiger partial charge in [-0.3, -0.25) is 4.79 Å². The molecule has 1 aliphatic heterocycles. The second kappa shape index (κ2) is 7.59. The highest BCUT2D eigenvalue weighted by Crippen LogP contribution is 2.24. The molecule has 1 saturated heterocycles. The van der Waals surface area contributed by atoms with Crippen LogP contribution in [0, 0.1) is 12.7 Å². The summed E-state index contributed by atoms with van der Waals surface area (Å²) < 4.78 is 13.0. The number of amides is 1. The van der Waals surface area contributed by atoms with Crippen molar-refractivity contribution in [3.05, 3.63) is 51.7 Å². The average Bonchev–Trinajstić information content (AvgIpc) is 2.99. The topological polar surface area (TPSA) is 65.5 Å². The van der Waals surface area contributed by atoms with Crippen LogP contribution in [0.5, 0.6) is 0 Å². The molecule has 25 heavy (non-hydrogen) atoms. The Morgan fingerprint density at radius 1 is 1.40 bits per heavy atom. The van der Waals surface area contributed by atoms with Gasteiger partial charge in [0.2, 0.25) is 0 Å². The summed E-state index contributed by atoms with van der Waals surface area (Å²) in [5.41, 5.74) is 0.426. The van der Waals surface area contributed by atoms with Crippen LogP contribution in [0.15, 0.2) is 29.6 Å². The average molecular weight is 363 g/mol. The first-order chi connectivity index (χ1) is 12.0. The fourth-order valence-electron chi connectivity index (χ4n) is 3.05. The maximum atomic E-state index is 13.0. The third-order valence-corrected chi connectivity index (χ3v) is 5.32. The van der Waals surface area contributed by atoms with Gasteiger partial charge in [0.05, 0.1) is 0 Å². The summed E-state index contributed by atoms with van der Waals surface area (Å²) in [6.45, 7) is 3.65. The van der Waals surface area contributed by atoms with Gasteiger partial charge in [0.1, 0.15) is 10.8 Å². The van der Waals surface area contributed by atoms with Crippen LogP contribution >= 0.6 is 11.3 Å². The van der Waals surface area contributed by atoms with E-state index in [1.807, 2.05) is 12.3 Å². The van der Waals surface area contributed by atoms with Crippen molar-refractivity contribution in [3.63, 3.8) is 0 Å². The maximum Gasteiger partial charge on any atom is 0.256 e. The van der Waals surface area contributed by atoms with E-state index in [4.69, 9.17) is 0 Å². The Hall–Kier alpha value is -1.83. The van der Waals surface area contributed by atoms with Crippen molar-refractivity contribution in [3.8, 4) is 0 Å². The van der Waals surface area contributed by atoms with E-state index in [0.717, 1.165) is 22.7 Å². The highest BCUT2D eigenvalue weighted by atomic mass is 32.1. The molecule has 0 unspecified atom stereocenters. The minimum absolute atomic E-state index is 0.199. The van der Waals surface area contributed by atoms with Gasteiger partial charge in [-0.15, -0.1) is 11.3 Å². The lowest BCUT2D eigenvalue weighted by atomic mass is 9.91. The monoisotopic (exact) mass is 363 g/mol. The van der Waals surface area contributed by atoms with Crippen molar-refractivity contribution >= 4 is 17.2 Å². The third kappa shape index (κ3) is 4.42. The number of rotatable bonds is 6. The van der Waals surface area contributed by atoms with E-state index >= 15 is 0 Å². The molecule has 0 bridgehead atoms. The summed E-state index contributed by atoms with van der Waals surface area (Å²) >= 11 is 1.56. The molecule has 1 aromatic carbocycles. The Bertz CT molecular complexity index is 734. The second-order valence-electron chi connectivity index (χ2n) is 6.47. The van der Waals surface area contributed by atoms with Gasteiger partial charge in [0.15, 0.2) is 5.60 Å². The predicted octanol–water partition coefficient (Wildman–Crippen LogP) is 2.23. The fraction of sp³-hybridized carbons (Fsp3) is 0.444. The summed E-state index contributed by atoms with van der Waals surface area (Å²) in [5.74, 6) is -0.572. The first kappa shape index (κ1) is 18.0. The van der Waals surface area contributed by atoms with Crippen LogP contribution < -0.4 is 5.32 Å². The number of aryl methyl sites for hydroxylation is 1. The lowest BCUT2D eigenvalue weighted by molar-refractivity contribution is -0.157. The van der Waals surface area contributed by atoms with E-state index in [9.17, 15) is 14.3 Å². The number of carbonyl (C=O) groups is 1. The van der Waals surface area contributed by atoms with Crippen LogP contribution in [0.2, 0.25) is 0 Å². The fourth-order valence-corrected chi connectivity index (χ4v) is 3.79. The molecule has 0 saturated carbocycles. The van der Waals surface area contributed by atoms with E-state index in [1.165, 1.54) is 12.1 Å². The van der Waals surface area contributed by atoms with Crippen molar-refractivity contribution < 1.29 is 14.3 Å². The molecule has 0 radical (unpaired) electrons. The van der Waals surface area contributed by atoms with Crippen molar-refractivity contribution in [2.45, 2.75) is 38.5 Å². The van der Waals surface area contributed by atoms with Crippen LogP contribution in [-0.4, -0.2) is 39.6 Å². The van der Waals surface area contributed by atoms with E-state index in [-0.39, 0.29) is 18.3 Å². The molecule has 2 N–H and O–H groups in total. The SMILES string of the molecule is Cc1csc(CNC[C@@]2(O)CCCN(Cc3ccc(F)cc3)C2=O)n1. The number of carbonyl (C=O) groups excluding carboxylic acids is 1. The standard InChI is InChI=1S/C18H22FN3O2S/c1-13-11-25-16(21-13)9-20-12-18(24)7-2-8-22(17(18)23)10-14-3-5-15(19)6-4-14/h3-6,11,20,24H,2,7-10,12H2,1H3/t18-/m0/s1. The number of nitrogens with one attached hydrogen (secondary N) is 1. The van der Waals surface area contributed by atoms with Crippen LogP contribution in [0.4, 0.5) is 4.39 Å². The highest BCUT2D eigenvalue weighted by Gasteiger charge is 2.41. The number of hydrogen-bond acceptors (Lipinski definition) is 5.